The fourth-order valence-corrected chi connectivity index (χ4v) is 8.80. The lowest BCUT2D eigenvalue weighted by atomic mass is 9.76. The smallest absolute Gasteiger partial charge is 0.351 e. The van der Waals surface area contributed by atoms with Crippen molar-refractivity contribution in [2.24, 2.45) is 0 Å². The third kappa shape index (κ3) is 7.58. The first-order chi connectivity index (χ1) is 31.6. The van der Waals surface area contributed by atoms with Crippen LogP contribution in [0.2, 0.25) is 0 Å². The zero-order valence-electron chi connectivity index (χ0n) is 34.2. The standard InChI is InChI=1S/C28H16N2O4.C19H16N6O6S.CH4/c29-19-11-9-13(21-23(19)27(33)17-7-3-1-5-15(17)25(21)31)14-10-12-20(30)24-22(14)26(32)16-6-2-4-8-18(16)28(24)34;1-2-25-15(26)11-8-7-10(9-12(11)16(25)27)20-17-22-18(24-19(28)23-17)21-13-5-3-4-6-14(13)32(29,30)31;/h1-12H,29-30H2;3-9H,2H2,1H3,(H,29,30,31)(H3,20,21,22,23,24,28);1H4. The van der Waals surface area contributed by atoms with E-state index in [9.17, 15) is 46.5 Å². The average molecular weight is 917 g/mol. The number of amides is 2. The normalized spacial score (nSPS) is 13.3. The van der Waals surface area contributed by atoms with Crippen molar-refractivity contribution in [3.05, 3.63) is 181 Å². The molecule has 6 aromatic carbocycles. The Morgan fingerprint density at radius 2 is 1.03 bits per heavy atom. The van der Waals surface area contributed by atoms with Crippen molar-refractivity contribution in [1.29, 1.82) is 0 Å². The Labute approximate surface area is 380 Å². The number of hydrogen-bond acceptors (Lipinski definition) is 15. The molecule has 2 amide bonds. The van der Waals surface area contributed by atoms with E-state index in [-0.39, 0.29) is 128 Å². The SMILES string of the molecule is C.CCN1C(=O)c2ccc(Nc3nc(Nc4ccccc4S(=O)(=O)O)nc(=O)[nH]3)cc2C1=O.Nc1ccc(-c2ccc(N)c3c2C(=O)c2ccccc2C3=O)c2c1C(=O)c1ccccc1C2=O. The summed E-state index contributed by atoms with van der Waals surface area (Å²) in [6.45, 7) is 1.94. The van der Waals surface area contributed by atoms with Crippen LogP contribution >= 0.6 is 0 Å². The van der Waals surface area contributed by atoms with Crippen LogP contribution in [0.15, 0.2) is 125 Å². The van der Waals surface area contributed by atoms with Crippen LogP contribution in [0.3, 0.4) is 0 Å². The van der Waals surface area contributed by atoms with E-state index in [0.717, 1.165) is 4.90 Å². The van der Waals surface area contributed by atoms with E-state index < -0.39 is 26.6 Å². The summed E-state index contributed by atoms with van der Waals surface area (Å²) in [6, 6.07) is 29.4. The Morgan fingerprint density at radius 3 is 1.54 bits per heavy atom. The summed E-state index contributed by atoms with van der Waals surface area (Å²) in [5, 5.41) is 5.40. The van der Waals surface area contributed by atoms with Crippen molar-refractivity contribution >= 4 is 79.7 Å². The molecule has 0 radical (unpaired) electrons. The summed E-state index contributed by atoms with van der Waals surface area (Å²) in [7, 11) is -4.53. The molecule has 2 aliphatic carbocycles. The Bertz CT molecular complexity index is 3410. The maximum absolute atomic E-state index is 13.6. The zero-order chi connectivity index (χ0) is 46.8. The van der Waals surface area contributed by atoms with Gasteiger partial charge in [0.15, 0.2) is 23.1 Å². The number of fused-ring (bicyclic) bond motifs is 5. The third-order valence-corrected chi connectivity index (χ3v) is 12.0. The number of para-hydroxylation sites is 1. The summed E-state index contributed by atoms with van der Waals surface area (Å²) in [5.74, 6) is -2.54. The molecule has 0 saturated heterocycles. The molecule has 334 valence electrons. The van der Waals surface area contributed by atoms with Gasteiger partial charge in [-0.2, -0.15) is 18.4 Å². The monoisotopic (exact) mass is 916 g/mol. The Kier molecular flexibility index (Phi) is 11.3. The maximum atomic E-state index is 13.6. The quantitative estimate of drug-likeness (QED) is 0.0587. The molecular formula is C48H36N8O10S. The third-order valence-electron chi connectivity index (χ3n) is 11.1. The number of nitrogens with two attached hydrogens (primary N) is 2. The van der Waals surface area contributed by atoms with Gasteiger partial charge in [-0.25, -0.2) is 4.79 Å². The molecule has 67 heavy (non-hydrogen) atoms. The first-order valence-electron chi connectivity index (χ1n) is 19.9. The minimum atomic E-state index is -4.53. The molecule has 1 aliphatic heterocycles. The van der Waals surface area contributed by atoms with E-state index in [2.05, 4.69) is 25.6 Å². The van der Waals surface area contributed by atoms with Gasteiger partial charge in [-0.1, -0.05) is 80.2 Å². The summed E-state index contributed by atoms with van der Waals surface area (Å²) in [4.78, 5) is 101. The number of nitrogens with one attached hydrogen (secondary N) is 3. The van der Waals surface area contributed by atoms with Crippen molar-refractivity contribution < 1.29 is 41.7 Å². The minimum absolute atomic E-state index is 0. The van der Waals surface area contributed by atoms with E-state index in [1.165, 1.54) is 36.4 Å². The number of aromatic amines is 1. The molecule has 3 aliphatic rings. The number of anilines is 6. The van der Waals surface area contributed by atoms with Gasteiger partial charge in [0.25, 0.3) is 21.9 Å². The largest absolute Gasteiger partial charge is 0.398 e. The van der Waals surface area contributed by atoms with Gasteiger partial charge in [0, 0.05) is 57.0 Å². The predicted octanol–water partition coefficient (Wildman–Crippen LogP) is 6.22. The molecular weight excluding hydrogens is 881 g/mol. The molecule has 1 aromatic heterocycles. The summed E-state index contributed by atoms with van der Waals surface area (Å²) < 4.78 is 32.5. The lowest BCUT2D eigenvalue weighted by Crippen LogP contribution is -2.29. The number of carbonyl (C=O) groups excluding carboxylic acids is 6. The van der Waals surface area contributed by atoms with Gasteiger partial charge in [0.2, 0.25) is 11.9 Å². The van der Waals surface area contributed by atoms with Crippen molar-refractivity contribution in [3.63, 3.8) is 0 Å². The molecule has 8 N–H and O–H groups in total. The fourth-order valence-electron chi connectivity index (χ4n) is 8.15. The highest BCUT2D eigenvalue weighted by Crippen LogP contribution is 2.42. The molecule has 0 spiro atoms. The summed E-state index contributed by atoms with van der Waals surface area (Å²) >= 11 is 0. The lowest BCUT2D eigenvalue weighted by Gasteiger charge is -2.25. The van der Waals surface area contributed by atoms with Crippen molar-refractivity contribution in [3.8, 4) is 11.1 Å². The molecule has 0 atom stereocenters. The molecule has 0 unspecified atom stereocenters. The molecule has 0 bridgehead atoms. The van der Waals surface area contributed by atoms with Crippen LogP contribution in [0.25, 0.3) is 11.1 Å². The van der Waals surface area contributed by atoms with E-state index >= 15 is 0 Å². The van der Waals surface area contributed by atoms with Crippen LogP contribution in [0, 0.1) is 0 Å². The van der Waals surface area contributed by atoms with Crippen LogP contribution in [-0.2, 0) is 10.1 Å². The number of ketones is 4. The van der Waals surface area contributed by atoms with Gasteiger partial charge in [-0.05, 0) is 60.5 Å². The van der Waals surface area contributed by atoms with Crippen LogP contribution in [0.5, 0.6) is 0 Å². The van der Waals surface area contributed by atoms with Crippen LogP contribution in [-0.4, -0.2) is 74.3 Å². The van der Waals surface area contributed by atoms with Crippen LogP contribution in [0.1, 0.15) is 98.8 Å². The number of carbonyl (C=O) groups is 6. The molecule has 10 rings (SSSR count). The average Bonchev–Trinajstić information content (AvgIpc) is 3.54. The molecule has 18 nitrogen and oxygen atoms in total. The zero-order valence-corrected chi connectivity index (χ0v) is 35.0. The number of hydrogen-bond donors (Lipinski definition) is 6. The number of rotatable bonds is 7. The Hall–Kier alpha value is -8.94. The van der Waals surface area contributed by atoms with Crippen molar-refractivity contribution in [2.75, 3.05) is 28.6 Å². The molecule has 0 saturated carbocycles. The summed E-state index contributed by atoms with van der Waals surface area (Å²) in [5.41, 5.74) is 15.0. The Morgan fingerprint density at radius 1 is 0.567 bits per heavy atom. The van der Waals surface area contributed by atoms with Gasteiger partial charge >= 0.3 is 5.69 Å². The van der Waals surface area contributed by atoms with Gasteiger partial charge in [-0.3, -0.25) is 43.2 Å². The highest BCUT2D eigenvalue weighted by molar-refractivity contribution is 7.86. The first kappa shape index (κ1) is 44.7. The maximum Gasteiger partial charge on any atom is 0.351 e. The molecule has 19 heteroatoms. The number of aromatic nitrogens is 3. The highest BCUT2D eigenvalue weighted by Gasteiger charge is 2.38. The van der Waals surface area contributed by atoms with Gasteiger partial charge in [0.05, 0.1) is 27.9 Å². The second-order valence-electron chi connectivity index (χ2n) is 15.0. The highest BCUT2D eigenvalue weighted by atomic mass is 32.2. The Balaban J connectivity index is 0.000000179. The number of imide groups is 1. The fraction of sp³-hybridized carbons (Fsp3) is 0.0625. The van der Waals surface area contributed by atoms with Crippen LogP contribution < -0.4 is 27.8 Å². The van der Waals surface area contributed by atoms with E-state index in [1.54, 1.807) is 85.8 Å². The van der Waals surface area contributed by atoms with Crippen LogP contribution in [0.4, 0.5) is 34.6 Å². The number of nitrogens with zero attached hydrogens (tertiary/aromatic N) is 3. The number of benzene rings is 6. The second-order valence-corrected chi connectivity index (χ2v) is 16.4. The number of nitrogen functional groups attached to an aromatic ring is 2. The van der Waals surface area contributed by atoms with E-state index in [0.29, 0.717) is 16.8 Å². The second kappa shape index (κ2) is 16.9. The van der Waals surface area contributed by atoms with Crippen molar-refractivity contribution in [1.82, 2.24) is 19.9 Å². The van der Waals surface area contributed by atoms with Gasteiger partial charge in [-0.15, -0.1) is 0 Å². The molecule has 7 aromatic rings. The molecule has 0 fully saturated rings. The predicted molar refractivity (Wildman–Crippen MR) is 247 cm³/mol. The summed E-state index contributed by atoms with van der Waals surface area (Å²) in [6.07, 6.45) is 0. The lowest BCUT2D eigenvalue weighted by molar-refractivity contribution is 0.0661. The van der Waals surface area contributed by atoms with E-state index in [1.807, 2.05) is 0 Å². The molecule has 2 heterocycles. The first-order valence-corrected chi connectivity index (χ1v) is 21.3. The van der Waals surface area contributed by atoms with E-state index in [4.69, 9.17) is 11.5 Å². The van der Waals surface area contributed by atoms with Crippen molar-refractivity contribution in [2.45, 2.75) is 19.2 Å². The number of H-pyrrole nitrogens is 1. The topological polar surface area (TPSA) is 295 Å². The minimum Gasteiger partial charge on any atom is -0.398 e. The van der Waals surface area contributed by atoms with Gasteiger partial charge < -0.3 is 22.1 Å². The van der Waals surface area contributed by atoms with Gasteiger partial charge in [0.1, 0.15) is 4.90 Å².